The largest absolute Gasteiger partial charge is 0.280 e. The smallest absolute Gasteiger partial charge is 0.270 e. The first kappa shape index (κ1) is 19.2. The van der Waals surface area contributed by atoms with E-state index in [1.54, 1.807) is 30.3 Å². The molecule has 1 aromatic heterocycles. The van der Waals surface area contributed by atoms with Crippen LogP contribution in [0.1, 0.15) is 10.4 Å². The summed E-state index contributed by atoms with van der Waals surface area (Å²) >= 11 is 3.31. The highest BCUT2D eigenvalue weighted by Crippen LogP contribution is 2.20. The first-order valence-electron chi connectivity index (χ1n) is 8.54. The third-order valence-electron chi connectivity index (χ3n) is 4.18. The van der Waals surface area contributed by atoms with Gasteiger partial charge in [-0.15, -0.1) is 0 Å². The van der Waals surface area contributed by atoms with E-state index in [1.165, 1.54) is 29.2 Å². The number of halogens is 1. The van der Waals surface area contributed by atoms with Gasteiger partial charge in [0, 0.05) is 15.7 Å². The van der Waals surface area contributed by atoms with Gasteiger partial charge in [0.05, 0.1) is 15.9 Å². The van der Waals surface area contributed by atoms with Crippen molar-refractivity contribution in [2.24, 2.45) is 0 Å². The van der Waals surface area contributed by atoms with Crippen LogP contribution in [0.15, 0.2) is 88.5 Å². The van der Waals surface area contributed by atoms with Gasteiger partial charge in [-0.3, -0.25) is 14.9 Å². The molecule has 1 amide bonds. The topological polar surface area (TPSA) is 93.1 Å². The number of hydrogen-bond acceptors (Lipinski definition) is 4. The van der Waals surface area contributed by atoms with Gasteiger partial charge in [0.2, 0.25) is 0 Å². The van der Waals surface area contributed by atoms with Crippen molar-refractivity contribution in [2.45, 2.75) is 4.90 Å². The van der Waals surface area contributed by atoms with Crippen molar-refractivity contribution in [2.75, 3.05) is 10.1 Å². The lowest BCUT2D eigenvalue weighted by molar-refractivity contribution is 0.101. The Balaban J connectivity index is 1.57. The van der Waals surface area contributed by atoms with Crippen LogP contribution < -0.4 is 10.1 Å². The highest BCUT2D eigenvalue weighted by Gasteiger charge is 2.17. The van der Waals surface area contributed by atoms with Gasteiger partial charge in [-0.2, -0.15) is 0 Å². The molecule has 0 radical (unpaired) electrons. The molecule has 0 saturated heterocycles. The van der Waals surface area contributed by atoms with E-state index < -0.39 is 15.9 Å². The fourth-order valence-corrected chi connectivity index (χ4v) is 4.13. The minimum Gasteiger partial charge on any atom is -0.280 e. The van der Waals surface area contributed by atoms with E-state index in [1.807, 2.05) is 24.3 Å². The molecule has 0 unspecified atom stereocenters. The minimum atomic E-state index is -3.84. The molecule has 0 bridgehead atoms. The SMILES string of the molecule is O=C(Nn1cnc2ccccc21)c1cccc(S(=O)(=O)Nc2ccc(Br)cc2)c1. The molecule has 0 saturated carbocycles. The maximum atomic E-state index is 12.7. The summed E-state index contributed by atoms with van der Waals surface area (Å²) in [5.41, 5.74) is 4.82. The number of para-hydroxylation sites is 2. The maximum Gasteiger partial charge on any atom is 0.270 e. The highest BCUT2D eigenvalue weighted by molar-refractivity contribution is 9.10. The molecule has 0 atom stereocenters. The Morgan fingerprint density at radius 1 is 0.966 bits per heavy atom. The number of hydrogen-bond donors (Lipinski definition) is 2. The second-order valence-electron chi connectivity index (χ2n) is 6.18. The monoisotopic (exact) mass is 470 g/mol. The Labute approximate surface area is 175 Å². The molecule has 29 heavy (non-hydrogen) atoms. The molecule has 0 fully saturated rings. The summed E-state index contributed by atoms with van der Waals surface area (Å²) in [7, 11) is -3.84. The molecule has 4 aromatic rings. The van der Waals surface area contributed by atoms with Gasteiger partial charge in [-0.25, -0.2) is 18.1 Å². The Hall–Kier alpha value is -3.17. The predicted molar refractivity (Wildman–Crippen MR) is 115 cm³/mol. The molecule has 7 nitrogen and oxygen atoms in total. The van der Waals surface area contributed by atoms with E-state index in [9.17, 15) is 13.2 Å². The fourth-order valence-electron chi connectivity index (χ4n) is 2.76. The standard InChI is InChI=1S/C20H15BrN4O3S/c21-15-8-10-16(11-9-15)24-29(27,28)17-5-3-4-14(12-17)20(26)23-25-13-22-18-6-1-2-7-19(18)25/h1-13,24H,(H,23,26). The molecule has 0 aliphatic rings. The van der Waals surface area contributed by atoms with Crippen molar-refractivity contribution in [3.8, 4) is 0 Å². The number of nitrogens with one attached hydrogen (secondary N) is 2. The molecular weight excluding hydrogens is 456 g/mol. The molecule has 146 valence electrons. The van der Waals surface area contributed by atoms with E-state index in [0.717, 1.165) is 15.5 Å². The van der Waals surface area contributed by atoms with Gasteiger partial charge in [-0.1, -0.05) is 34.1 Å². The van der Waals surface area contributed by atoms with Crippen LogP contribution in [0.4, 0.5) is 5.69 Å². The number of benzene rings is 3. The van der Waals surface area contributed by atoms with Gasteiger partial charge in [0.1, 0.15) is 6.33 Å². The van der Waals surface area contributed by atoms with Crippen LogP contribution >= 0.6 is 15.9 Å². The second-order valence-corrected chi connectivity index (χ2v) is 8.78. The van der Waals surface area contributed by atoms with Gasteiger partial charge in [-0.05, 0) is 54.6 Å². The normalized spacial score (nSPS) is 11.3. The highest BCUT2D eigenvalue weighted by atomic mass is 79.9. The number of nitrogens with zero attached hydrogens (tertiary/aromatic N) is 2. The number of rotatable bonds is 5. The van der Waals surface area contributed by atoms with Crippen LogP contribution in [0.3, 0.4) is 0 Å². The first-order chi connectivity index (χ1) is 13.9. The zero-order valence-corrected chi connectivity index (χ0v) is 17.3. The summed E-state index contributed by atoms with van der Waals surface area (Å²) in [5.74, 6) is -0.450. The molecule has 0 aliphatic heterocycles. The number of fused-ring (bicyclic) bond motifs is 1. The summed E-state index contributed by atoms with van der Waals surface area (Å²) < 4.78 is 30.2. The lowest BCUT2D eigenvalue weighted by atomic mass is 10.2. The molecule has 0 aliphatic carbocycles. The number of sulfonamides is 1. The minimum absolute atomic E-state index is 0.0106. The molecular formula is C20H15BrN4O3S. The van der Waals surface area contributed by atoms with E-state index in [0.29, 0.717) is 5.69 Å². The van der Waals surface area contributed by atoms with E-state index in [-0.39, 0.29) is 10.5 Å². The number of anilines is 1. The fraction of sp³-hybridized carbons (Fsp3) is 0. The Bertz CT molecular complexity index is 1300. The summed E-state index contributed by atoms with van der Waals surface area (Å²) in [6.07, 6.45) is 1.50. The zero-order chi connectivity index (χ0) is 20.4. The lowest BCUT2D eigenvalue weighted by Crippen LogP contribution is -2.22. The Kier molecular flexibility index (Phi) is 5.08. The first-order valence-corrected chi connectivity index (χ1v) is 10.8. The molecule has 3 aromatic carbocycles. The third-order valence-corrected chi connectivity index (χ3v) is 6.09. The number of carbonyl (C=O) groups is 1. The molecule has 9 heteroatoms. The van der Waals surface area contributed by atoms with Crippen LogP contribution in [-0.2, 0) is 10.0 Å². The molecule has 1 heterocycles. The average Bonchev–Trinajstić information content (AvgIpc) is 3.13. The van der Waals surface area contributed by atoms with Gasteiger partial charge < -0.3 is 0 Å². The quantitative estimate of drug-likeness (QED) is 0.461. The van der Waals surface area contributed by atoms with Crippen LogP contribution in [0.2, 0.25) is 0 Å². The second kappa shape index (κ2) is 7.69. The van der Waals surface area contributed by atoms with Crippen molar-refractivity contribution in [3.05, 3.63) is 89.2 Å². The molecule has 4 rings (SSSR count). The molecule has 2 N–H and O–H groups in total. The Morgan fingerprint density at radius 3 is 2.52 bits per heavy atom. The summed E-state index contributed by atoms with van der Waals surface area (Å²) in [6, 6.07) is 19.9. The Morgan fingerprint density at radius 2 is 1.72 bits per heavy atom. The van der Waals surface area contributed by atoms with E-state index >= 15 is 0 Å². The summed E-state index contributed by atoms with van der Waals surface area (Å²) in [6.45, 7) is 0. The van der Waals surface area contributed by atoms with Gasteiger partial charge >= 0.3 is 0 Å². The number of amides is 1. The summed E-state index contributed by atoms with van der Waals surface area (Å²) in [4.78, 5) is 16.9. The predicted octanol–water partition coefficient (Wildman–Crippen LogP) is 3.98. The van der Waals surface area contributed by atoms with Crippen LogP contribution in [0, 0.1) is 0 Å². The van der Waals surface area contributed by atoms with E-state index in [4.69, 9.17) is 0 Å². The third kappa shape index (κ3) is 4.15. The number of imidazole rings is 1. The van der Waals surface area contributed by atoms with Gasteiger partial charge in [0.25, 0.3) is 15.9 Å². The van der Waals surface area contributed by atoms with Crippen molar-refractivity contribution >= 4 is 48.6 Å². The van der Waals surface area contributed by atoms with Gasteiger partial charge in [0.15, 0.2) is 0 Å². The van der Waals surface area contributed by atoms with Crippen LogP contribution in [0.5, 0.6) is 0 Å². The average molecular weight is 471 g/mol. The van der Waals surface area contributed by atoms with Crippen LogP contribution in [0.25, 0.3) is 11.0 Å². The van der Waals surface area contributed by atoms with Crippen molar-refractivity contribution in [3.63, 3.8) is 0 Å². The zero-order valence-electron chi connectivity index (χ0n) is 14.9. The number of carbonyl (C=O) groups excluding carboxylic acids is 1. The van der Waals surface area contributed by atoms with E-state index in [2.05, 4.69) is 31.1 Å². The number of aromatic nitrogens is 2. The van der Waals surface area contributed by atoms with Crippen molar-refractivity contribution in [1.29, 1.82) is 0 Å². The van der Waals surface area contributed by atoms with Crippen LogP contribution in [-0.4, -0.2) is 24.0 Å². The van der Waals surface area contributed by atoms with Crippen molar-refractivity contribution < 1.29 is 13.2 Å². The molecule has 0 spiro atoms. The lowest BCUT2D eigenvalue weighted by Gasteiger charge is -2.10. The van der Waals surface area contributed by atoms with Crippen molar-refractivity contribution in [1.82, 2.24) is 9.66 Å². The summed E-state index contributed by atoms with van der Waals surface area (Å²) in [5, 5.41) is 0. The maximum absolute atomic E-state index is 12.7.